The molecule has 0 unspecified atom stereocenters. The Kier molecular flexibility index (Phi) is 3.97. The zero-order chi connectivity index (χ0) is 14.7. The summed E-state index contributed by atoms with van der Waals surface area (Å²) in [6.45, 7) is 2.03. The van der Waals surface area contributed by atoms with Crippen LogP contribution < -0.4 is 10.6 Å². The van der Waals surface area contributed by atoms with Crippen LogP contribution in [0.4, 0.5) is 4.39 Å². The van der Waals surface area contributed by atoms with Crippen molar-refractivity contribution in [2.75, 3.05) is 6.54 Å². The number of nitrogens with one attached hydrogen (secondary N) is 2. The average Bonchev–Trinajstić information content (AvgIpc) is 2.52. The van der Waals surface area contributed by atoms with E-state index in [0.29, 0.717) is 6.54 Å². The summed E-state index contributed by atoms with van der Waals surface area (Å²) in [7, 11) is 0. The van der Waals surface area contributed by atoms with Gasteiger partial charge >= 0.3 is 0 Å². The summed E-state index contributed by atoms with van der Waals surface area (Å²) in [4.78, 5) is 12.3. The fraction of sp³-hybridized carbons (Fsp3) is 0.235. The number of hydrogen-bond donors (Lipinski definition) is 2. The van der Waals surface area contributed by atoms with Crippen molar-refractivity contribution in [3.05, 3.63) is 70.5 Å². The third kappa shape index (κ3) is 3.11. The van der Waals surface area contributed by atoms with Gasteiger partial charge in [0.05, 0.1) is 0 Å². The van der Waals surface area contributed by atoms with E-state index in [2.05, 4.69) is 10.6 Å². The number of benzene rings is 2. The van der Waals surface area contributed by atoms with Gasteiger partial charge in [0, 0.05) is 18.7 Å². The smallest absolute Gasteiger partial charge is 0.251 e. The third-order valence-corrected chi connectivity index (χ3v) is 3.73. The molecular formula is C17H17FN2O. The van der Waals surface area contributed by atoms with Gasteiger partial charge in [-0.3, -0.25) is 4.79 Å². The number of halogens is 1. The van der Waals surface area contributed by atoms with Crippen molar-refractivity contribution >= 4 is 5.91 Å². The van der Waals surface area contributed by atoms with E-state index in [9.17, 15) is 9.18 Å². The molecule has 2 aromatic rings. The lowest BCUT2D eigenvalue weighted by Crippen LogP contribution is -2.29. The fourth-order valence-corrected chi connectivity index (χ4v) is 2.67. The molecule has 0 aromatic heterocycles. The van der Waals surface area contributed by atoms with Crippen molar-refractivity contribution in [3.8, 4) is 0 Å². The molecule has 0 spiro atoms. The highest BCUT2D eigenvalue weighted by atomic mass is 19.1. The van der Waals surface area contributed by atoms with E-state index in [-0.39, 0.29) is 11.7 Å². The van der Waals surface area contributed by atoms with Gasteiger partial charge in [0.25, 0.3) is 5.91 Å². The Hall–Kier alpha value is -2.20. The number of rotatable bonds is 3. The van der Waals surface area contributed by atoms with Gasteiger partial charge in [-0.15, -0.1) is 0 Å². The molecule has 3 nitrogen and oxygen atoms in total. The number of fused-ring (bicyclic) bond motifs is 1. The molecule has 0 radical (unpaired) electrons. The van der Waals surface area contributed by atoms with E-state index in [0.717, 1.165) is 36.2 Å². The first-order valence-corrected chi connectivity index (χ1v) is 7.08. The van der Waals surface area contributed by atoms with Crippen molar-refractivity contribution in [2.24, 2.45) is 0 Å². The van der Waals surface area contributed by atoms with E-state index < -0.39 is 0 Å². The molecule has 2 aromatic carbocycles. The molecule has 0 atom stereocenters. The van der Waals surface area contributed by atoms with Crippen molar-refractivity contribution in [3.63, 3.8) is 0 Å². The van der Waals surface area contributed by atoms with Crippen molar-refractivity contribution < 1.29 is 9.18 Å². The number of carbonyl (C=O) groups is 1. The summed E-state index contributed by atoms with van der Waals surface area (Å²) < 4.78 is 13.1. The summed E-state index contributed by atoms with van der Waals surface area (Å²) in [6.07, 6.45) is 0.860. The van der Waals surface area contributed by atoms with Crippen LogP contribution in [-0.2, 0) is 19.5 Å². The number of hydrogen-bond acceptors (Lipinski definition) is 2. The molecule has 0 bridgehead atoms. The predicted molar refractivity (Wildman–Crippen MR) is 79.4 cm³/mol. The van der Waals surface area contributed by atoms with Crippen LogP contribution in [-0.4, -0.2) is 12.5 Å². The standard InChI is InChI=1S/C17H17FN2O/c18-14-5-1-3-12(9-14)10-20-17(21)16-6-2-4-13-11-19-8-7-15(13)16/h1-6,9,19H,7-8,10-11H2,(H,20,21). The van der Waals surface area contributed by atoms with Crippen LogP contribution in [0.25, 0.3) is 0 Å². The second-order valence-corrected chi connectivity index (χ2v) is 5.18. The van der Waals surface area contributed by atoms with Crippen molar-refractivity contribution in [1.29, 1.82) is 0 Å². The van der Waals surface area contributed by atoms with Crippen LogP contribution >= 0.6 is 0 Å². The molecule has 0 aliphatic carbocycles. The maximum Gasteiger partial charge on any atom is 0.251 e. The van der Waals surface area contributed by atoms with E-state index >= 15 is 0 Å². The normalized spacial score (nSPS) is 13.6. The van der Waals surface area contributed by atoms with Gasteiger partial charge in [-0.1, -0.05) is 24.3 Å². The van der Waals surface area contributed by atoms with Crippen LogP contribution in [0.2, 0.25) is 0 Å². The molecule has 1 aliphatic heterocycles. The molecule has 0 fully saturated rings. The lowest BCUT2D eigenvalue weighted by Gasteiger charge is -2.20. The van der Waals surface area contributed by atoms with Crippen LogP contribution in [0.3, 0.4) is 0 Å². The Labute approximate surface area is 123 Å². The minimum atomic E-state index is -0.287. The topological polar surface area (TPSA) is 41.1 Å². The first-order valence-electron chi connectivity index (χ1n) is 7.08. The van der Waals surface area contributed by atoms with E-state index in [1.165, 1.54) is 17.7 Å². The maximum atomic E-state index is 13.1. The summed E-state index contributed by atoms with van der Waals surface area (Å²) >= 11 is 0. The van der Waals surface area contributed by atoms with Gasteiger partial charge in [0.1, 0.15) is 5.82 Å². The van der Waals surface area contributed by atoms with Crippen LogP contribution in [0.15, 0.2) is 42.5 Å². The Morgan fingerprint density at radius 2 is 2.10 bits per heavy atom. The van der Waals surface area contributed by atoms with Crippen LogP contribution in [0.5, 0.6) is 0 Å². The zero-order valence-corrected chi connectivity index (χ0v) is 11.7. The monoisotopic (exact) mass is 284 g/mol. The van der Waals surface area contributed by atoms with Gasteiger partial charge in [-0.25, -0.2) is 4.39 Å². The van der Waals surface area contributed by atoms with Gasteiger partial charge in [-0.2, -0.15) is 0 Å². The molecule has 108 valence electrons. The van der Waals surface area contributed by atoms with Crippen molar-refractivity contribution in [2.45, 2.75) is 19.5 Å². The lowest BCUT2D eigenvalue weighted by atomic mass is 9.95. The van der Waals surface area contributed by atoms with Gasteiger partial charge in [0.15, 0.2) is 0 Å². The molecule has 1 heterocycles. The molecule has 3 rings (SSSR count). The second-order valence-electron chi connectivity index (χ2n) is 5.18. The Balaban J connectivity index is 1.74. The first-order chi connectivity index (χ1) is 10.2. The first kappa shape index (κ1) is 13.8. The number of carbonyl (C=O) groups excluding carboxylic acids is 1. The largest absolute Gasteiger partial charge is 0.348 e. The molecule has 2 N–H and O–H groups in total. The minimum Gasteiger partial charge on any atom is -0.348 e. The van der Waals surface area contributed by atoms with E-state index in [1.807, 2.05) is 18.2 Å². The van der Waals surface area contributed by atoms with Gasteiger partial charge < -0.3 is 10.6 Å². The zero-order valence-electron chi connectivity index (χ0n) is 11.7. The van der Waals surface area contributed by atoms with Crippen LogP contribution in [0, 0.1) is 5.82 Å². The molecule has 0 saturated carbocycles. The Bertz CT molecular complexity index is 670. The second kappa shape index (κ2) is 6.06. The molecular weight excluding hydrogens is 267 g/mol. The molecule has 0 saturated heterocycles. The summed E-state index contributed by atoms with van der Waals surface area (Å²) in [5, 5.41) is 6.16. The quantitative estimate of drug-likeness (QED) is 0.908. The molecule has 21 heavy (non-hydrogen) atoms. The highest BCUT2D eigenvalue weighted by molar-refractivity contribution is 5.96. The lowest BCUT2D eigenvalue weighted by molar-refractivity contribution is 0.0949. The van der Waals surface area contributed by atoms with Gasteiger partial charge in [-0.05, 0) is 47.9 Å². The summed E-state index contributed by atoms with van der Waals surface area (Å²) in [5.41, 5.74) is 3.79. The third-order valence-electron chi connectivity index (χ3n) is 3.73. The van der Waals surface area contributed by atoms with E-state index in [4.69, 9.17) is 0 Å². The summed E-state index contributed by atoms with van der Waals surface area (Å²) in [6, 6.07) is 12.1. The SMILES string of the molecule is O=C(NCc1cccc(F)c1)c1cccc2c1CCNC2. The van der Waals surface area contributed by atoms with E-state index in [1.54, 1.807) is 12.1 Å². The van der Waals surface area contributed by atoms with Crippen molar-refractivity contribution in [1.82, 2.24) is 10.6 Å². The highest BCUT2D eigenvalue weighted by Gasteiger charge is 2.16. The number of amides is 1. The minimum absolute atomic E-state index is 0.0991. The maximum absolute atomic E-state index is 13.1. The fourth-order valence-electron chi connectivity index (χ4n) is 2.67. The Morgan fingerprint density at radius 1 is 1.24 bits per heavy atom. The molecule has 1 amide bonds. The Morgan fingerprint density at radius 3 is 2.95 bits per heavy atom. The highest BCUT2D eigenvalue weighted by Crippen LogP contribution is 2.18. The summed E-state index contributed by atoms with van der Waals surface area (Å²) in [5.74, 6) is -0.386. The molecule has 1 aliphatic rings. The van der Waals surface area contributed by atoms with Crippen LogP contribution in [0.1, 0.15) is 27.0 Å². The molecule has 4 heteroatoms. The van der Waals surface area contributed by atoms with Gasteiger partial charge in [0.2, 0.25) is 0 Å². The predicted octanol–water partition coefficient (Wildman–Crippen LogP) is 2.40. The average molecular weight is 284 g/mol.